The van der Waals surface area contributed by atoms with Crippen LogP contribution in [0.25, 0.3) is 5.69 Å². The SMILES string of the molecule is Cc1nn(-c2ccc(F)cc2)c(C)c1C(=O)Nc1nccs1. The molecule has 1 amide bonds. The van der Waals surface area contributed by atoms with Gasteiger partial charge in [-0.05, 0) is 38.1 Å². The van der Waals surface area contributed by atoms with Gasteiger partial charge in [-0.15, -0.1) is 11.3 Å². The Morgan fingerprint density at radius 1 is 1.27 bits per heavy atom. The number of thiazole rings is 1. The Hall–Kier alpha value is -2.54. The first-order chi connectivity index (χ1) is 10.6. The van der Waals surface area contributed by atoms with Crippen molar-refractivity contribution in [2.24, 2.45) is 0 Å². The van der Waals surface area contributed by atoms with Crippen LogP contribution in [0.4, 0.5) is 9.52 Å². The second-order valence-electron chi connectivity index (χ2n) is 4.73. The number of benzene rings is 1. The summed E-state index contributed by atoms with van der Waals surface area (Å²) in [6.07, 6.45) is 1.63. The number of nitrogens with one attached hydrogen (secondary N) is 1. The molecule has 112 valence electrons. The molecule has 0 aliphatic rings. The summed E-state index contributed by atoms with van der Waals surface area (Å²) in [4.78, 5) is 16.4. The van der Waals surface area contributed by atoms with E-state index in [0.29, 0.717) is 27.8 Å². The fourth-order valence-electron chi connectivity index (χ4n) is 2.25. The largest absolute Gasteiger partial charge is 0.298 e. The summed E-state index contributed by atoms with van der Waals surface area (Å²) in [5.74, 6) is -0.565. The van der Waals surface area contributed by atoms with Crippen LogP contribution in [0.2, 0.25) is 0 Å². The Bertz CT molecular complexity index is 809. The third-order valence-corrected chi connectivity index (χ3v) is 3.93. The first-order valence-corrected chi connectivity index (χ1v) is 7.47. The third-order valence-electron chi connectivity index (χ3n) is 3.24. The summed E-state index contributed by atoms with van der Waals surface area (Å²) < 4.78 is 14.7. The van der Waals surface area contributed by atoms with E-state index in [1.807, 2.05) is 0 Å². The van der Waals surface area contributed by atoms with Gasteiger partial charge in [0.15, 0.2) is 5.13 Å². The lowest BCUT2D eigenvalue weighted by Crippen LogP contribution is -2.14. The molecule has 0 fully saturated rings. The van der Waals surface area contributed by atoms with Crippen molar-refractivity contribution in [1.29, 1.82) is 0 Å². The van der Waals surface area contributed by atoms with Gasteiger partial charge in [0, 0.05) is 11.6 Å². The quantitative estimate of drug-likeness (QED) is 0.806. The minimum Gasteiger partial charge on any atom is -0.298 e. The maximum atomic E-state index is 13.0. The number of halogens is 1. The number of amides is 1. The summed E-state index contributed by atoms with van der Waals surface area (Å²) in [6, 6.07) is 5.97. The van der Waals surface area contributed by atoms with Gasteiger partial charge in [0.05, 0.1) is 22.6 Å². The molecule has 0 unspecified atom stereocenters. The Kier molecular flexibility index (Phi) is 3.72. The van der Waals surface area contributed by atoms with Crippen molar-refractivity contribution in [2.45, 2.75) is 13.8 Å². The van der Waals surface area contributed by atoms with Crippen molar-refractivity contribution in [3.05, 3.63) is 58.6 Å². The number of rotatable bonds is 3. The van der Waals surface area contributed by atoms with Crippen LogP contribution in [0.3, 0.4) is 0 Å². The molecule has 0 aliphatic heterocycles. The summed E-state index contributed by atoms with van der Waals surface area (Å²) >= 11 is 1.35. The second-order valence-corrected chi connectivity index (χ2v) is 5.62. The zero-order valence-corrected chi connectivity index (χ0v) is 12.8. The number of aromatic nitrogens is 3. The van der Waals surface area contributed by atoms with E-state index in [0.717, 1.165) is 0 Å². The van der Waals surface area contributed by atoms with Gasteiger partial charge >= 0.3 is 0 Å². The minimum absolute atomic E-state index is 0.252. The average Bonchev–Trinajstić information content (AvgIpc) is 3.08. The zero-order valence-electron chi connectivity index (χ0n) is 12.0. The Balaban J connectivity index is 1.96. The van der Waals surface area contributed by atoms with Crippen LogP contribution in [-0.4, -0.2) is 20.7 Å². The van der Waals surface area contributed by atoms with E-state index in [2.05, 4.69) is 15.4 Å². The molecule has 0 saturated heterocycles. The molecule has 0 aliphatic carbocycles. The maximum absolute atomic E-state index is 13.0. The summed E-state index contributed by atoms with van der Waals surface area (Å²) in [5, 5.41) is 9.45. The van der Waals surface area contributed by atoms with Crippen LogP contribution in [0.5, 0.6) is 0 Å². The van der Waals surface area contributed by atoms with Gasteiger partial charge in [0.2, 0.25) is 0 Å². The Morgan fingerprint density at radius 2 is 2.00 bits per heavy atom. The van der Waals surface area contributed by atoms with Crippen LogP contribution >= 0.6 is 11.3 Å². The predicted molar refractivity (Wildman–Crippen MR) is 83.1 cm³/mol. The van der Waals surface area contributed by atoms with Crippen molar-refractivity contribution in [2.75, 3.05) is 5.32 Å². The first-order valence-electron chi connectivity index (χ1n) is 6.59. The highest BCUT2D eigenvalue weighted by Crippen LogP contribution is 2.20. The molecule has 3 rings (SSSR count). The van der Waals surface area contributed by atoms with Crippen LogP contribution < -0.4 is 5.32 Å². The van der Waals surface area contributed by atoms with Crippen molar-refractivity contribution >= 4 is 22.4 Å². The summed E-state index contributed by atoms with van der Waals surface area (Å²) in [5.41, 5.74) is 2.50. The van der Waals surface area contributed by atoms with Gasteiger partial charge in [-0.3, -0.25) is 10.1 Å². The fourth-order valence-corrected chi connectivity index (χ4v) is 2.77. The number of nitrogens with zero attached hydrogens (tertiary/aromatic N) is 3. The van der Waals surface area contributed by atoms with E-state index in [9.17, 15) is 9.18 Å². The molecule has 22 heavy (non-hydrogen) atoms. The molecule has 0 atom stereocenters. The molecule has 0 spiro atoms. The molecule has 0 bridgehead atoms. The molecule has 2 aromatic heterocycles. The number of carbonyl (C=O) groups is 1. The average molecular weight is 316 g/mol. The van der Waals surface area contributed by atoms with Crippen LogP contribution in [0.15, 0.2) is 35.8 Å². The molecule has 3 aromatic rings. The van der Waals surface area contributed by atoms with Crippen molar-refractivity contribution < 1.29 is 9.18 Å². The fraction of sp³-hybridized carbons (Fsp3) is 0.133. The topological polar surface area (TPSA) is 59.8 Å². The van der Waals surface area contributed by atoms with Crippen LogP contribution in [0.1, 0.15) is 21.7 Å². The summed E-state index contributed by atoms with van der Waals surface area (Å²) in [6.45, 7) is 3.57. The normalized spacial score (nSPS) is 10.7. The van der Waals surface area contributed by atoms with E-state index < -0.39 is 0 Å². The number of anilines is 1. The predicted octanol–water partition coefficient (Wildman–Crippen LogP) is 3.34. The van der Waals surface area contributed by atoms with Gasteiger partial charge in [0.25, 0.3) is 5.91 Å². The lowest BCUT2D eigenvalue weighted by atomic mass is 10.2. The Labute approximate surface area is 130 Å². The van der Waals surface area contributed by atoms with Crippen molar-refractivity contribution in [3.63, 3.8) is 0 Å². The molecule has 7 heteroatoms. The molecular weight excluding hydrogens is 303 g/mol. The van der Waals surface area contributed by atoms with Crippen molar-refractivity contribution in [3.8, 4) is 5.69 Å². The second kappa shape index (κ2) is 5.69. The first kappa shape index (κ1) is 14.4. The molecule has 5 nitrogen and oxygen atoms in total. The Morgan fingerprint density at radius 3 is 2.64 bits per heavy atom. The number of aryl methyl sites for hydroxylation is 1. The number of carbonyl (C=O) groups excluding carboxylic acids is 1. The molecule has 1 N–H and O–H groups in total. The number of hydrogen-bond donors (Lipinski definition) is 1. The van der Waals surface area contributed by atoms with Gasteiger partial charge in [0.1, 0.15) is 5.82 Å². The molecular formula is C15H13FN4OS. The van der Waals surface area contributed by atoms with E-state index >= 15 is 0 Å². The highest BCUT2D eigenvalue weighted by atomic mass is 32.1. The standard InChI is InChI=1S/C15H13FN4OS/c1-9-13(14(21)18-15-17-7-8-22-15)10(2)20(19-9)12-5-3-11(16)4-6-12/h3-8H,1-2H3,(H,17,18,21). The lowest BCUT2D eigenvalue weighted by molar-refractivity contribution is 0.102. The lowest BCUT2D eigenvalue weighted by Gasteiger charge is -2.05. The number of hydrogen-bond acceptors (Lipinski definition) is 4. The third kappa shape index (κ3) is 2.62. The van der Waals surface area contributed by atoms with E-state index in [4.69, 9.17) is 0 Å². The van der Waals surface area contributed by atoms with Gasteiger partial charge in [-0.2, -0.15) is 5.10 Å². The van der Waals surface area contributed by atoms with Crippen molar-refractivity contribution in [1.82, 2.24) is 14.8 Å². The molecule has 0 radical (unpaired) electrons. The summed E-state index contributed by atoms with van der Waals surface area (Å²) in [7, 11) is 0. The highest BCUT2D eigenvalue weighted by Gasteiger charge is 2.20. The monoisotopic (exact) mass is 316 g/mol. The zero-order chi connectivity index (χ0) is 15.7. The molecule has 1 aromatic carbocycles. The van der Waals surface area contributed by atoms with Gasteiger partial charge < -0.3 is 0 Å². The smallest absolute Gasteiger partial charge is 0.261 e. The van der Waals surface area contributed by atoms with E-state index in [-0.39, 0.29) is 11.7 Å². The van der Waals surface area contributed by atoms with Crippen LogP contribution in [-0.2, 0) is 0 Å². The van der Waals surface area contributed by atoms with E-state index in [1.54, 1.807) is 42.2 Å². The van der Waals surface area contributed by atoms with Gasteiger partial charge in [-0.1, -0.05) is 0 Å². The van der Waals surface area contributed by atoms with Gasteiger partial charge in [-0.25, -0.2) is 14.1 Å². The molecule has 2 heterocycles. The minimum atomic E-state index is -0.313. The maximum Gasteiger partial charge on any atom is 0.261 e. The van der Waals surface area contributed by atoms with Crippen LogP contribution in [0, 0.1) is 19.7 Å². The van der Waals surface area contributed by atoms with E-state index in [1.165, 1.54) is 23.5 Å². The molecule has 0 saturated carbocycles. The highest BCUT2D eigenvalue weighted by molar-refractivity contribution is 7.13.